The first-order chi connectivity index (χ1) is 13.8. The van der Waals surface area contributed by atoms with Gasteiger partial charge in [-0.05, 0) is 30.4 Å². The third-order valence-corrected chi connectivity index (χ3v) is 6.40. The SMILES string of the molecule is C=C1NC(NC2=NC(c3ccccc3)NC3C=CC=CC23)=CC1C1CCCC1. The molecule has 4 heteroatoms. The highest BCUT2D eigenvalue weighted by Crippen LogP contribution is 2.37. The molecule has 0 spiro atoms. The Balaban J connectivity index is 1.41. The summed E-state index contributed by atoms with van der Waals surface area (Å²) >= 11 is 0. The molecule has 2 aliphatic carbocycles. The highest BCUT2D eigenvalue weighted by Gasteiger charge is 2.34. The molecule has 0 bridgehead atoms. The molecular weight excluding hydrogens is 344 g/mol. The lowest BCUT2D eigenvalue weighted by Crippen LogP contribution is -2.49. The molecule has 4 unspecified atom stereocenters. The Bertz CT molecular complexity index is 858. The molecule has 1 aromatic rings. The number of hydrogen-bond donors (Lipinski definition) is 3. The zero-order valence-electron chi connectivity index (χ0n) is 16.1. The normalized spacial score (nSPS) is 31.9. The average molecular weight is 373 g/mol. The second kappa shape index (κ2) is 7.44. The van der Waals surface area contributed by atoms with E-state index in [1.54, 1.807) is 0 Å². The lowest BCUT2D eigenvalue weighted by atomic mass is 9.90. The molecule has 2 aliphatic heterocycles. The van der Waals surface area contributed by atoms with Crippen LogP contribution in [0, 0.1) is 17.8 Å². The first kappa shape index (κ1) is 17.5. The fraction of sp³-hybridized carbons (Fsp3) is 0.375. The van der Waals surface area contributed by atoms with Crippen molar-refractivity contribution in [1.29, 1.82) is 0 Å². The summed E-state index contributed by atoms with van der Waals surface area (Å²) in [5.41, 5.74) is 2.31. The predicted molar refractivity (Wildman–Crippen MR) is 114 cm³/mol. The molecule has 28 heavy (non-hydrogen) atoms. The fourth-order valence-electron chi connectivity index (χ4n) is 4.92. The van der Waals surface area contributed by atoms with Crippen molar-refractivity contribution in [2.75, 3.05) is 0 Å². The zero-order chi connectivity index (χ0) is 18.9. The van der Waals surface area contributed by atoms with Crippen molar-refractivity contribution in [2.24, 2.45) is 22.7 Å². The van der Waals surface area contributed by atoms with Gasteiger partial charge in [0.1, 0.15) is 17.8 Å². The topological polar surface area (TPSA) is 48.5 Å². The molecule has 0 radical (unpaired) electrons. The molecule has 1 fully saturated rings. The molecular formula is C24H28N4. The summed E-state index contributed by atoms with van der Waals surface area (Å²) < 4.78 is 0. The van der Waals surface area contributed by atoms with E-state index >= 15 is 0 Å². The van der Waals surface area contributed by atoms with Crippen LogP contribution in [0.5, 0.6) is 0 Å². The van der Waals surface area contributed by atoms with Gasteiger partial charge >= 0.3 is 0 Å². The molecule has 4 atom stereocenters. The van der Waals surface area contributed by atoms with Gasteiger partial charge in [0.2, 0.25) is 0 Å². The Morgan fingerprint density at radius 2 is 1.79 bits per heavy atom. The third kappa shape index (κ3) is 3.33. The second-order valence-corrected chi connectivity index (χ2v) is 8.24. The predicted octanol–water partition coefficient (Wildman–Crippen LogP) is 4.15. The molecule has 0 saturated heterocycles. The van der Waals surface area contributed by atoms with E-state index in [9.17, 15) is 0 Å². The Morgan fingerprint density at radius 3 is 2.61 bits per heavy atom. The van der Waals surface area contributed by atoms with Crippen molar-refractivity contribution in [2.45, 2.75) is 37.9 Å². The van der Waals surface area contributed by atoms with Crippen molar-refractivity contribution in [3.8, 4) is 0 Å². The maximum absolute atomic E-state index is 5.05. The van der Waals surface area contributed by atoms with Crippen LogP contribution in [0.1, 0.15) is 37.4 Å². The lowest BCUT2D eigenvalue weighted by Gasteiger charge is -2.35. The summed E-state index contributed by atoms with van der Waals surface area (Å²) in [4.78, 5) is 5.05. The smallest absolute Gasteiger partial charge is 0.128 e. The van der Waals surface area contributed by atoms with E-state index in [1.165, 1.54) is 31.2 Å². The van der Waals surface area contributed by atoms with Gasteiger partial charge < -0.3 is 10.6 Å². The summed E-state index contributed by atoms with van der Waals surface area (Å²) in [7, 11) is 0. The van der Waals surface area contributed by atoms with E-state index in [-0.39, 0.29) is 18.1 Å². The van der Waals surface area contributed by atoms with E-state index in [2.05, 4.69) is 77.2 Å². The van der Waals surface area contributed by atoms with Gasteiger partial charge in [0.15, 0.2) is 0 Å². The van der Waals surface area contributed by atoms with Crippen LogP contribution in [-0.4, -0.2) is 11.9 Å². The number of benzene rings is 1. The van der Waals surface area contributed by atoms with Gasteiger partial charge in [-0.1, -0.05) is 74.1 Å². The van der Waals surface area contributed by atoms with Gasteiger partial charge in [0.25, 0.3) is 0 Å². The summed E-state index contributed by atoms with van der Waals surface area (Å²) in [6.07, 6.45) is 16.3. The van der Waals surface area contributed by atoms with Gasteiger partial charge in [-0.25, -0.2) is 4.99 Å². The number of hydrogen-bond acceptors (Lipinski definition) is 4. The molecule has 0 aromatic heterocycles. The first-order valence-corrected chi connectivity index (χ1v) is 10.5. The van der Waals surface area contributed by atoms with Gasteiger partial charge in [-0.3, -0.25) is 5.32 Å². The van der Waals surface area contributed by atoms with Crippen LogP contribution in [0.2, 0.25) is 0 Å². The summed E-state index contributed by atoms with van der Waals surface area (Å²) in [5, 5.41) is 10.8. The molecule has 5 rings (SSSR count). The van der Waals surface area contributed by atoms with Crippen LogP contribution >= 0.6 is 0 Å². The Morgan fingerprint density at radius 1 is 1.00 bits per heavy atom. The molecule has 4 nitrogen and oxygen atoms in total. The van der Waals surface area contributed by atoms with Crippen LogP contribution in [0.15, 0.2) is 83.8 Å². The van der Waals surface area contributed by atoms with Crippen molar-refractivity contribution in [3.63, 3.8) is 0 Å². The number of rotatable bonds is 3. The van der Waals surface area contributed by atoms with Gasteiger partial charge in [-0.2, -0.15) is 0 Å². The minimum absolute atomic E-state index is 0.0445. The van der Waals surface area contributed by atoms with Crippen LogP contribution < -0.4 is 16.0 Å². The largest absolute Gasteiger partial charge is 0.346 e. The Labute approximate surface area is 167 Å². The molecule has 1 saturated carbocycles. The quantitative estimate of drug-likeness (QED) is 0.747. The zero-order valence-corrected chi connectivity index (χ0v) is 16.1. The number of nitrogens with one attached hydrogen (secondary N) is 3. The first-order valence-electron chi connectivity index (χ1n) is 10.5. The molecule has 0 amide bonds. The van der Waals surface area contributed by atoms with E-state index < -0.39 is 0 Å². The Hall–Kier alpha value is -2.59. The molecule has 144 valence electrons. The third-order valence-electron chi connectivity index (χ3n) is 6.40. The van der Waals surface area contributed by atoms with Crippen molar-refractivity contribution < 1.29 is 0 Å². The maximum atomic E-state index is 5.05. The minimum Gasteiger partial charge on any atom is -0.346 e. The molecule has 1 aromatic carbocycles. The van der Waals surface area contributed by atoms with Crippen molar-refractivity contribution >= 4 is 5.84 Å². The van der Waals surface area contributed by atoms with Crippen molar-refractivity contribution in [3.05, 3.63) is 84.4 Å². The number of nitrogens with zero attached hydrogens (tertiary/aromatic N) is 1. The number of aliphatic imine (C=N–C) groups is 1. The lowest BCUT2D eigenvalue weighted by molar-refractivity contribution is 0.431. The fourth-order valence-corrected chi connectivity index (χ4v) is 4.92. The number of allylic oxidation sites excluding steroid dienone is 3. The summed E-state index contributed by atoms with van der Waals surface area (Å²) in [5.74, 6) is 3.44. The van der Waals surface area contributed by atoms with E-state index in [0.29, 0.717) is 5.92 Å². The molecule has 2 heterocycles. The van der Waals surface area contributed by atoms with E-state index in [0.717, 1.165) is 23.3 Å². The van der Waals surface area contributed by atoms with Crippen molar-refractivity contribution in [1.82, 2.24) is 16.0 Å². The monoisotopic (exact) mass is 372 g/mol. The summed E-state index contributed by atoms with van der Waals surface area (Å²) in [6.45, 7) is 4.29. The van der Waals surface area contributed by atoms with Crippen LogP contribution in [0.4, 0.5) is 0 Å². The minimum atomic E-state index is -0.0445. The highest BCUT2D eigenvalue weighted by molar-refractivity contribution is 5.89. The highest BCUT2D eigenvalue weighted by atomic mass is 15.2. The van der Waals surface area contributed by atoms with Gasteiger partial charge in [-0.15, -0.1) is 0 Å². The maximum Gasteiger partial charge on any atom is 0.128 e. The van der Waals surface area contributed by atoms with Crippen LogP contribution in [-0.2, 0) is 0 Å². The van der Waals surface area contributed by atoms with E-state index in [4.69, 9.17) is 4.99 Å². The molecule has 3 N–H and O–H groups in total. The second-order valence-electron chi connectivity index (χ2n) is 8.24. The van der Waals surface area contributed by atoms with Gasteiger partial charge in [0, 0.05) is 17.7 Å². The number of amidine groups is 1. The summed E-state index contributed by atoms with van der Waals surface area (Å²) in [6, 6.07) is 10.7. The van der Waals surface area contributed by atoms with Crippen LogP contribution in [0.25, 0.3) is 0 Å². The Kier molecular flexibility index (Phi) is 4.65. The van der Waals surface area contributed by atoms with Gasteiger partial charge in [0.05, 0.1) is 5.92 Å². The number of fused-ring (bicyclic) bond motifs is 1. The molecule has 4 aliphatic rings. The van der Waals surface area contributed by atoms with Crippen LogP contribution in [0.3, 0.4) is 0 Å². The standard InChI is InChI=1S/C24H28N4/c1-16-20(17-9-5-6-10-17)15-22(25-16)27-24-19-13-7-8-14-21(19)26-23(28-24)18-11-3-2-4-12-18/h2-4,7-8,11-15,17,19-21,23,25-26H,1,5-6,9-10H2,(H,27,28). The van der Waals surface area contributed by atoms with E-state index in [1.807, 2.05) is 6.07 Å². The average Bonchev–Trinajstić information content (AvgIpc) is 3.38.